The first kappa shape index (κ1) is 22.5. The lowest BCUT2D eigenvalue weighted by Crippen LogP contribution is -2.31. The summed E-state index contributed by atoms with van der Waals surface area (Å²) in [6.45, 7) is -0.0520. The number of benzene rings is 2. The van der Waals surface area contributed by atoms with Gasteiger partial charge in [0, 0.05) is 33.4 Å². The quantitative estimate of drug-likeness (QED) is 0.380. The summed E-state index contributed by atoms with van der Waals surface area (Å²) >= 11 is 0. The van der Waals surface area contributed by atoms with Gasteiger partial charge in [-0.05, 0) is 41.5 Å². The highest BCUT2D eigenvalue weighted by Crippen LogP contribution is 2.15. The number of rotatable bonds is 8. The highest BCUT2D eigenvalue weighted by molar-refractivity contribution is 5.98. The van der Waals surface area contributed by atoms with Crippen molar-refractivity contribution in [2.45, 2.75) is 6.54 Å². The Kier molecular flexibility index (Phi) is 8.00. The molecule has 0 heterocycles. The fourth-order valence-corrected chi connectivity index (χ4v) is 2.58. The number of nitrogens with zero attached hydrogens (tertiary/aromatic N) is 3. The Morgan fingerprint density at radius 2 is 1.67 bits per heavy atom. The Balaban J connectivity index is 1.92. The van der Waals surface area contributed by atoms with Crippen LogP contribution in [-0.2, 0) is 20.9 Å². The van der Waals surface area contributed by atoms with Crippen LogP contribution < -0.4 is 9.64 Å². The monoisotopic (exact) mass is 407 g/mol. The van der Waals surface area contributed by atoms with Crippen LogP contribution in [0.4, 0.5) is 5.69 Å². The molecule has 0 spiro atoms. The van der Waals surface area contributed by atoms with Gasteiger partial charge >= 0.3 is 5.97 Å². The van der Waals surface area contributed by atoms with Gasteiger partial charge in [0.25, 0.3) is 5.91 Å². The van der Waals surface area contributed by atoms with Crippen LogP contribution in [0.3, 0.4) is 0 Å². The average Bonchev–Trinajstić information content (AvgIpc) is 2.76. The molecule has 0 fully saturated rings. The van der Waals surface area contributed by atoms with Gasteiger partial charge in [-0.3, -0.25) is 4.79 Å². The van der Waals surface area contributed by atoms with Gasteiger partial charge in [-0.1, -0.05) is 24.3 Å². The maximum atomic E-state index is 12.3. The van der Waals surface area contributed by atoms with Gasteiger partial charge in [0.15, 0.2) is 6.61 Å². The van der Waals surface area contributed by atoms with Crippen molar-refractivity contribution in [1.82, 2.24) is 4.90 Å². The molecule has 7 heteroatoms. The number of carbonyl (C=O) groups excluding carboxylic acids is 2. The van der Waals surface area contributed by atoms with E-state index in [4.69, 9.17) is 9.47 Å². The number of ether oxygens (including phenoxy) is 2. The molecule has 0 saturated carbocycles. The van der Waals surface area contributed by atoms with Crippen molar-refractivity contribution in [1.29, 1.82) is 5.26 Å². The summed E-state index contributed by atoms with van der Waals surface area (Å²) in [6.07, 6.45) is 1.41. The highest BCUT2D eigenvalue weighted by Gasteiger charge is 2.16. The molecule has 2 aromatic carbocycles. The Labute approximate surface area is 176 Å². The Bertz CT molecular complexity index is 942. The van der Waals surface area contributed by atoms with Gasteiger partial charge in [0.1, 0.15) is 17.4 Å². The highest BCUT2D eigenvalue weighted by atomic mass is 16.5. The van der Waals surface area contributed by atoms with Gasteiger partial charge in [-0.25, -0.2) is 4.79 Å². The molecule has 0 atom stereocenters. The molecule has 2 aromatic rings. The molecule has 0 aromatic heterocycles. The van der Waals surface area contributed by atoms with E-state index in [9.17, 15) is 14.9 Å². The molecule has 156 valence electrons. The Morgan fingerprint density at radius 1 is 1.03 bits per heavy atom. The molecule has 0 saturated heterocycles. The summed E-state index contributed by atoms with van der Waals surface area (Å²) in [6, 6.07) is 16.5. The molecule has 0 aliphatic heterocycles. The van der Waals surface area contributed by atoms with E-state index in [0.717, 1.165) is 11.3 Å². The molecule has 0 aliphatic carbocycles. The lowest BCUT2D eigenvalue weighted by atomic mass is 10.1. The third-order valence-electron chi connectivity index (χ3n) is 4.39. The van der Waals surface area contributed by atoms with E-state index in [0.29, 0.717) is 17.9 Å². The van der Waals surface area contributed by atoms with Gasteiger partial charge < -0.3 is 19.3 Å². The topological polar surface area (TPSA) is 82.9 Å². The largest absolute Gasteiger partial charge is 0.497 e. The predicted molar refractivity (Wildman–Crippen MR) is 115 cm³/mol. The van der Waals surface area contributed by atoms with Crippen LogP contribution in [-0.4, -0.2) is 51.6 Å². The predicted octanol–water partition coefficient (Wildman–Crippen LogP) is 2.87. The number of hydrogen-bond acceptors (Lipinski definition) is 6. The minimum Gasteiger partial charge on any atom is -0.497 e. The molecule has 0 unspecified atom stereocenters. The van der Waals surface area contributed by atoms with Gasteiger partial charge in [0.2, 0.25) is 0 Å². The third-order valence-corrected chi connectivity index (χ3v) is 4.39. The number of anilines is 1. The fourth-order valence-electron chi connectivity index (χ4n) is 2.58. The van der Waals surface area contributed by atoms with Crippen molar-refractivity contribution in [3.8, 4) is 11.8 Å². The molecule has 30 heavy (non-hydrogen) atoms. The van der Waals surface area contributed by atoms with E-state index in [-0.39, 0.29) is 11.5 Å². The summed E-state index contributed by atoms with van der Waals surface area (Å²) in [5.74, 6) is -0.537. The third kappa shape index (κ3) is 6.38. The average molecular weight is 407 g/mol. The van der Waals surface area contributed by atoms with E-state index in [1.165, 1.54) is 11.0 Å². The van der Waals surface area contributed by atoms with Crippen molar-refractivity contribution in [2.24, 2.45) is 0 Å². The summed E-state index contributed by atoms with van der Waals surface area (Å²) in [4.78, 5) is 27.9. The van der Waals surface area contributed by atoms with Crippen LogP contribution in [0.1, 0.15) is 11.1 Å². The van der Waals surface area contributed by atoms with Gasteiger partial charge in [-0.2, -0.15) is 5.26 Å². The number of methoxy groups -OCH3 is 1. The van der Waals surface area contributed by atoms with Crippen LogP contribution >= 0.6 is 0 Å². The molecule has 0 radical (unpaired) electrons. The number of amides is 1. The molecular weight excluding hydrogens is 382 g/mol. The lowest BCUT2D eigenvalue weighted by molar-refractivity contribution is -0.148. The van der Waals surface area contributed by atoms with E-state index in [2.05, 4.69) is 0 Å². The van der Waals surface area contributed by atoms with Crippen molar-refractivity contribution >= 4 is 23.6 Å². The minimum atomic E-state index is -0.842. The summed E-state index contributed by atoms with van der Waals surface area (Å²) in [7, 11) is 7.10. The lowest BCUT2D eigenvalue weighted by Gasteiger charge is -2.18. The molecular formula is C23H25N3O4. The zero-order valence-corrected chi connectivity index (χ0v) is 17.6. The van der Waals surface area contributed by atoms with Crippen LogP contribution in [0.2, 0.25) is 0 Å². The van der Waals surface area contributed by atoms with Crippen LogP contribution in [0.15, 0.2) is 54.1 Å². The second-order valence-corrected chi connectivity index (χ2v) is 6.83. The van der Waals surface area contributed by atoms with E-state index < -0.39 is 12.6 Å². The van der Waals surface area contributed by atoms with E-state index >= 15 is 0 Å². The van der Waals surface area contributed by atoms with Crippen molar-refractivity contribution < 1.29 is 19.1 Å². The van der Waals surface area contributed by atoms with Crippen molar-refractivity contribution in [2.75, 3.05) is 39.8 Å². The minimum absolute atomic E-state index is 0.185. The number of hydrogen-bond donors (Lipinski definition) is 0. The fraction of sp³-hybridized carbons (Fsp3) is 0.261. The number of nitriles is 1. The molecule has 0 bridgehead atoms. The van der Waals surface area contributed by atoms with Crippen LogP contribution in [0.25, 0.3) is 6.08 Å². The zero-order valence-electron chi connectivity index (χ0n) is 17.6. The van der Waals surface area contributed by atoms with Crippen LogP contribution in [0, 0.1) is 11.3 Å². The van der Waals surface area contributed by atoms with E-state index in [1.54, 1.807) is 38.4 Å². The molecule has 7 nitrogen and oxygen atoms in total. The van der Waals surface area contributed by atoms with Crippen molar-refractivity contribution in [3.63, 3.8) is 0 Å². The Hall–Kier alpha value is -3.79. The molecule has 0 aliphatic rings. The summed E-state index contributed by atoms with van der Waals surface area (Å²) < 4.78 is 10.1. The smallest absolute Gasteiger partial charge is 0.349 e. The first-order chi connectivity index (χ1) is 14.3. The molecule has 0 N–H and O–H groups in total. The molecule has 2 rings (SSSR count). The summed E-state index contributed by atoms with van der Waals surface area (Å²) in [5, 5.41) is 9.25. The first-order valence-electron chi connectivity index (χ1n) is 9.27. The standard InChI is InChI=1S/C23H25N3O4/c1-25(2)20-9-5-18(6-10-20)15-26(3)22(27)16-30-23(28)19(14-24)13-17-7-11-21(29-4)12-8-17/h5-13H,15-16H2,1-4H3/b19-13+. The SMILES string of the molecule is COc1ccc(/C=C(\C#N)C(=O)OCC(=O)N(C)Cc2ccc(N(C)C)cc2)cc1. The number of esters is 1. The molecule has 1 amide bonds. The van der Waals surface area contributed by atoms with Gasteiger partial charge in [0.05, 0.1) is 7.11 Å². The van der Waals surface area contributed by atoms with Crippen molar-refractivity contribution in [3.05, 3.63) is 65.2 Å². The van der Waals surface area contributed by atoms with Gasteiger partial charge in [-0.15, -0.1) is 0 Å². The zero-order chi connectivity index (χ0) is 22.1. The number of carbonyl (C=O) groups is 2. The van der Waals surface area contributed by atoms with E-state index in [1.807, 2.05) is 49.3 Å². The normalized spacial score (nSPS) is 10.7. The second-order valence-electron chi connectivity index (χ2n) is 6.83. The number of likely N-dealkylation sites (N-methyl/N-ethyl adjacent to an activating group) is 1. The first-order valence-corrected chi connectivity index (χ1v) is 9.27. The Morgan fingerprint density at radius 3 is 2.20 bits per heavy atom. The maximum absolute atomic E-state index is 12.3. The van der Waals surface area contributed by atoms with Crippen LogP contribution in [0.5, 0.6) is 5.75 Å². The second kappa shape index (κ2) is 10.7. The maximum Gasteiger partial charge on any atom is 0.349 e. The summed E-state index contributed by atoms with van der Waals surface area (Å²) in [5.41, 5.74) is 2.48.